The third-order valence-corrected chi connectivity index (χ3v) is 8.45. The van der Waals surface area contributed by atoms with Crippen LogP contribution < -0.4 is 5.73 Å². The van der Waals surface area contributed by atoms with Crippen molar-refractivity contribution in [3.63, 3.8) is 0 Å². The molecule has 0 saturated carbocycles. The number of allylic oxidation sites excluding steroid dienone is 3. The molecule has 0 amide bonds. The SMILES string of the molecule is N/C(=C\Cc1cccc(-c2ccc(-c3ccc4c5c(c6c(c4c3)C=CCC6)CCC=C5)cc2)c1)c1ccccc1. The molecule has 2 N–H and O–H groups in total. The molecule has 7 rings (SSSR count). The first-order valence-electron chi connectivity index (χ1n) is 14.4. The van der Waals surface area contributed by atoms with Crippen LogP contribution in [0.3, 0.4) is 0 Å². The molecule has 5 aromatic carbocycles. The van der Waals surface area contributed by atoms with E-state index in [1.54, 1.807) is 11.1 Å². The Bertz CT molecular complexity index is 1800. The van der Waals surface area contributed by atoms with Crippen molar-refractivity contribution in [3.8, 4) is 22.3 Å². The van der Waals surface area contributed by atoms with Gasteiger partial charge in [0.25, 0.3) is 0 Å². The van der Waals surface area contributed by atoms with Gasteiger partial charge in [-0.25, -0.2) is 0 Å². The monoisotopic (exact) mass is 515 g/mol. The molecule has 0 saturated heterocycles. The maximum atomic E-state index is 6.32. The summed E-state index contributed by atoms with van der Waals surface area (Å²) in [5, 5.41) is 2.77. The summed E-state index contributed by atoms with van der Waals surface area (Å²) >= 11 is 0. The third-order valence-electron chi connectivity index (χ3n) is 8.45. The van der Waals surface area contributed by atoms with Gasteiger partial charge in [0.05, 0.1) is 0 Å². The highest BCUT2D eigenvalue weighted by atomic mass is 14.6. The number of benzene rings is 5. The molecule has 40 heavy (non-hydrogen) atoms. The molecule has 0 aromatic heterocycles. The molecule has 2 aliphatic rings. The first-order chi connectivity index (χ1) is 19.7. The van der Waals surface area contributed by atoms with Gasteiger partial charge in [0.1, 0.15) is 0 Å². The minimum absolute atomic E-state index is 0.807. The summed E-state index contributed by atoms with van der Waals surface area (Å²) in [6.07, 6.45) is 16.9. The summed E-state index contributed by atoms with van der Waals surface area (Å²) in [4.78, 5) is 0. The summed E-state index contributed by atoms with van der Waals surface area (Å²) in [7, 11) is 0. The van der Waals surface area contributed by atoms with Crippen molar-refractivity contribution in [1.29, 1.82) is 0 Å². The Hall–Kier alpha value is -4.62. The van der Waals surface area contributed by atoms with Crippen molar-refractivity contribution in [2.24, 2.45) is 5.73 Å². The van der Waals surface area contributed by atoms with Gasteiger partial charge in [0.2, 0.25) is 0 Å². The zero-order valence-electron chi connectivity index (χ0n) is 22.7. The van der Waals surface area contributed by atoms with Crippen LogP contribution in [0.1, 0.15) is 46.2 Å². The molecule has 1 nitrogen and oxygen atoms in total. The van der Waals surface area contributed by atoms with Crippen molar-refractivity contribution in [2.45, 2.75) is 32.1 Å². The van der Waals surface area contributed by atoms with Crippen molar-refractivity contribution in [2.75, 3.05) is 0 Å². The highest BCUT2D eigenvalue weighted by molar-refractivity contribution is 6.01. The van der Waals surface area contributed by atoms with Gasteiger partial charge in [-0.15, -0.1) is 0 Å². The van der Waals surface area contributed by atoms with Gasteiger partial charge < -0.3 is 5.73 Å². The standard InChI is InChI=1S/C39H33N/c40-39(30-10-2-1-3-11-30)24-17-27-9-8-12-31(25-27)28-18-20-29(21-19-28)32-22-23-37-35-15-5-4-13-33(35)34-14-6-7-16-36(34)38(37)26-32/h1-3,5,7-12,15-16,18-26H,4,6,13-14,17,40H2/b39-24-. The van der Waals surface area contributed by atoms with Gasteiger partial charge in [0, 0.05) is 5.70 Å². The Morgan fingerprint density at radius 3 is 1.93 bits per heavy atom. The van der Waals surface area contributed by atoms with Gasteiger partial charge in [-0.3, -0.25) is 0 Å². The predicted octanol–water partition coefficient (Wildman–Crippen LogP) is 9.63. The average Bonchev–Trinajstić information content (AvgIpc) is 3.04. The summed E-state index contributed by atoms with van der Waals surface area (Å²) in [6.45, 7) is 0. The van der Waals surface area contributed by atoms with Crippen LogP contribution in [0.5, 0.6) is 0 Å². The molecule has 0 radical (unpaired) electrons. The molecule has 2 aliphatic carbocycles. The van der Waals surface area contributed by atoms with Gasteiger partial charge in [-0.1, -0.05) is 121 Å². The van der Waals surface area contributed by atoms with E-state index >= 15 is 0 Å². The van der Waals surface area contributed by atoms with E-state index in [4.69, 9.17) is 5.73 Å². The molecule has 0 spiro atoms. The van der Waals surface area contributed by atoms with Gasteiger partial charge in [-0.2, -0.15) is 0 Å². The van der Waals surface area contributed by atoms with Crippen LogP contribution in [0.15, 0.2) is 115 Å². The van der Waals surface area contributed by atoms with E-state index in [1.807, 2.05) is 18.2 Å². The largest absolute Gasteiger partial charge is 0.398 e. The highest BCUT2D eigenvalue weighted by Crippen LogP contribution is 2.39. The fourth-order valence-corrected chi connectivity index (χ4v) is 6.35. The smallest absolute Gasteiger partial charge is 0.0350 e. The second kappa shape index (κ2) is 10.5. The van der Waals surface area contributed by atoms with E-state index in [0.717, 1.165) is 36.9 Å². The Morgan fingerprint density at radius 1 is 0.600 bits per heavy atom. The summed E-state index contributed by atoms with van der Waals surface area (Å²) in [5.74, 6) is 0. The topological polar surface area (TPSA) is 26.0 Å². The van der Waals surface area contributed by atoms with Crippen LogP contribution in [0.2, 0.25) is 0 Å². The van der Waals surface area contributed by atoms with Crippen molar-refractivity contribution >= 4 is 28.6 Å². The normalized spacial score (nSPS) is 14.2. The fourth-order valence-electron chi connectivity index (χ4n) is 6.35. The molecule has 0 aliphatic heterocycles. The van der Waals surface area contributed by atoms with Crippen LogP contribution in [0.25, 0.3) is 50.9 Å². The highest BCUT2D eigenvalue weighted by Gasteiger charge is 2.20. The molecule has 0 atom stereocenters. The van der Waals surface area contributed by atoms with Gasteiger partial charge in [-0.05, 0) is 105 Å². The second-order valence-electron chi connectivity index (χ2n) is 10.9. The van der Waals surface area contributed by atoms with Crippen molar-refractivity contribution in [1.82, 2.24) is 0 Å². The number of fused-ring (bicyclic) bond motifs is 6. The summed E-state index contributed by atoms with van der Waals surface area (Å²) in [5.41, 5.74) is 20.5. The average molecular weight is 516 g/mol. The number of nitrogens with two attached hydrogens (primary N) is 1. The molecule has 0 bridgehead atoms. The number of hydrogen-bond acceptors (Lipinski definition) is 1. The van der Waals surface area contributed by atoms with E-state index in [0.29, 0.717) is 0 Å². The first kappa shape index (κ1) is 24.4. The third kappa shape index (κ3) is 4.58. The lowest BCUT2D eigenvalue weighted by Crippen LogP contribution is -2.07. The fraction of sp³-hybridized carbons (Fsp3) is 0.128. The van der Waals surface area contributed by atoms with Crippen LogP contribution in [-0.2, 0) is 19.3 Å². The lowest BCUT2D eigenvalue weighted by Gasteiger charge is -2.24. The Kier molecular flexibility index (Phi) is 6.42. The number of rotatable bonds is 5. The van der Waals surface area contributed by atoms with E-state index in [2.05, 4.69) is 109 Å². The quantitative estimate of drug-likeness (QED) is 0.248. The maximum absolute atomic E-state index is 6.32. The second-order valence-corrected chi connectivity index (χ2v) is 10.9. The zero-order valence-corrected chi connectivity index (χ0v) is 22.7. The molecular weight excluding hydrogens is 482 g/mol. The minimum atomic E-state index is 0.807. The predicted molar refractivity (Wildman–Crippen MR) is 172 cm³/mol. The Morgan fingerprint density at radius 2 is 1.23 bits per heavy atom. The minimum Gasteiger partial charge on any atom is -0.398 e. The maximum Gasteiger partial charge on any atom is 0.0350 e. The molecule has 194 valence electrons. The van der Waals surface area contributed by atoms with Crippen LogP contribution >= 0.6 is 0 Å². The lowest BCUT2D eigenvalue weighted by atomic mass is 9.80. The van der Waals surface area contributed by atoms with Crippen LogP contribution in [0, 0.1) is 0 Å². The molecule has 1 heteroatoms. The van der Waals surface area contributed by atoms with E-state index in [1.165, 1.54) is 56.1 Å². The van der Waals surface area contributed by atoms with Gasteiger partial charge in [0.15, 0.2) is 0 Å². The molecule has 0 fully saturated rings. The first-order valence-corrected chi connectivity index (χ1v) is 14.4. The van der Waals surface area contributed by atoms with Crippen LogP contribution in [-0.4, -0.2) is 0 Å². The number of hydrogen-bond donors (Lipinski definition) is 1. The van der Waals surface area contributed by atoms with Crippen molar-refractivity contribution < 1.29 is 0 Å². The van der Waals surface area contributed by atoms with Crippen molar-refractivity contribution in [3.05, 3.63) is 149 Å². The molecule has 0 heterocycles. The summed E-state index contributed by atoms with van der Waals surface area (Å²) < 4.78 is 0. The summed E-state index contributed by atoms with van der Waals surface area (Å²) in [6, 6.07) is 35.0. The molecule has 5 aromatic rings. The molecular formula is C39H33N. The Balaban J connectivity index is 1.18. The van der Waals surface area contributed by atoms with Gasteiger partial charge >= 0.3 is 0 Å². The molecule has 0 unspecified atom stereocenters. The van der Waals surface area contributed by atoms with E-state index in [-0.39, 0.29) is 0 Å². The lowest BCUT2D eigenvalue weighted by molar-refractivity contribution is 0.911. The Labute approximate surface area is 237 Å². The van der Waals surface area contributed by atoms with E-state index < -0.39 is 0 Å². The van der Waals surface area contributed by atoms with Crippen LogP contribution in [0.4, 0.5) is 0 Å². The van der Waals surface area contributed by atoms with E-state index in [9.17, 15) is 0 Å². The zero-order chi connectivity index (χ0) is 26.9.